The topological polar surface area (TPSA) is 42.0 Å². The van der Waals surface area contributed by atoms with Gasteiger partial charge in [0.25, 0.3) is 5.91 Å². The molecule has 3 nitrogen and oxygen atoms in total. The minimum Gasteiger partial charge on any atom is -0.351 e. The first-order chi connectivity index (χ1) is 7.65. The molecule has 0 aromatic carbocycles. The number of thiazole rings is 1. The number of halogens is 1. The minimum absolute atomic E-state index is 0.0172. The number of carbonyl (C=O) groups is 1. The second kappa shape index (κ2) is 5.27. The molecule has 2 unspecified atom stereocenters. The van der Waals surface area contributed by atoms with Crippen molar-refractivity contribution in [3.8, 4) is 0 Å². The van der Waals surface area contributed by atoms with Crippen molar-refractivity contribution in [3.63, 3.8) is 0 Å². The highest BCUT2D eigenvalue weighted by Crippen LogP contribution is 2.30. The predicted octanol–water partition coefficient (Wildman–Crippen LogP) is 2.74. The van der Waals surface area contributed by atoms with Crippen molar-refractivity contribution in [2.24, 2.45) is 5.92 Å². The Kier molecular flexibility index (Phi) is 3.97. The van der Waals surface area contributed by atoms with Crippen LogP contribution in [0.15, 0.2) is 6.20 Å². The standard InChI is InChI=1S/C11H15BrN2OS/c1-7-13-6-10(16-7)11(15)14-5-8-2-3-9(12)4-8/h6,8-9H,2-5H2,1H3,(H,14,15). The Bertz CT molecular complexity index is 380. The fraction of sp³-hybridized carbons (Fsp3) is 0.636. The van der Waals surface area contributed by atoms with E-state index >= 15 is 0 Å². The van der Waals surface area contributed by atoms with Gasteiger partial charge in [-0.1, -0.05) is 15.9 Å². The fourth-order valence-corrected chi connectivity index (χ4v) is 3.48. The number of nitrogens with one attached hydrogen (secondary N) is 1. The monoisotopic (exact) mass is 302 g/mol. The van der Waals surface area contributed by atoms with E-state index in [1.165, 1.54) is 30.6 Å². The highest BCUT2D eigenvalue weighted by molar-refractivity contribution is 9.09. The number of aryl methyl sites for hydroxylation is 1. The van der Waals surface area contributed by atoms with Crippen LogP contribution in [0.1, 0.15) is 33.9 Å². The summed E-state index contributed by atoms with van der Waals surface area (Å²) in [5, 5.41) is 3.92. The van der Waals surface area contributed by atoms with Gasteiger partial charge in [0.15, 0.2) is 0 Å². The Hall–Kier alpha value is -0.420. The molecule has 0 aliphatic heterocycles. The van der Waals surface area contributed by atoms with E-state index in [9.17, 15) is 4.79 Å². The van der Waals surface area contributed by atoms with Crippen LogP contribution in [-0.2, 0) is 0 Å². The lowest BCUT2D eigenvalue weighted by Crippen LogP contribution is -2.27. The third kappa shape index (κ3) is 3.04. The van der Waals surface area contributed by atoms with Crippen molar-refractivity contribution < 1.29 is 4.79 Å². The molecule has 0 saturated heterocycles. The van der Waals surface area contributed by atoms with E-state index < -0.39 is 0 Å². The van der Waals surface area contributed by atoms with Gasteiger partial charge in [-0.05, 0) is 32.1 Å². The molecule has 1 aromatic rings. The van der Waals surface area contributed by atoms with Gasteiger partial charge in [0.1, 0.15) is 4.88 Å². The lowest BCUT2D eigenvalue weighted by Gasteiger charge is -2.09. The summed E-state index contributed by atoms with van der Waals surface area (Å²) in [6, 6.07) is 0. The molecule has 1 aliphatic rings. The smallest absolute Gasteiger partial charge is 0.263 e. The number of hydrogen-bond donors (Lipinski definition) is 1. The molecule has 0 spiro atoms. The van der Waals surface area contributed by atoms with Crippen molar-refractivity contribution in [1.82, 2.24) is 10.3 Å². The van der Waals surface area contributed by atoms with Crippen molar-refractivity contribution in [2.45, 2.75) is 31.0 Å². The van der Waals surface area contributed by atoms with Gasteiger partial charge >= 0.3 is 0 Å². The van der Waals surface area contributed by atoms with Gasteiger partial charge in [-0.25, -0.2) is 4.98 Å². The van der Waals surface area contributed by atoms with Gasteiger partial charge in [0.2, 0.25) is 0 Å². The number of nitrogens with zero attached hydrogens (tertiary/aromatic N) is 1. The summed E-state index contributed by atoms with van der Waals surface area (Å²) in [6.45, 7) is 2.70. The van der Waals surface area contributed by atoms with E-state index in [-0.39, 0.29) is 5.91 Å². The first-order valence-corrected chi connectivity index (χ1v) is 7.23. The first-order valence-electron chi connectivity index (χ1n) is 5.50. The molecule has 2 rings (SSSR count). The summed E-state index contributed by atoms with van der Waals surface area (Å²) in [4.78, 5) is 17.2. The number of rotatable bonds is 3. The second-order valence-electron chi connectivity index (χ2n) is 4.23. The molecule has 16 heavy (non-hydrogen) atoms. The lowest BCUT2D eigenvalue weighted by atomic mass is 10.1. The molecule has 1 N–H and O–H groups in total. The van der Waals surface area contributed by atoms with Crippen LogP contribution >= 0.6 is 27.3 Å². The van der Waals surface area contributed by atoms with Crippen LogP contribution in [0.3, 0.4) is 0 Å². The summed E-state index contributed by atoms with van der Waals surface area (Å²) in [5.74, 6) is 0.644. The average molecular weight is 303 g/mol. The van der Waals surface area contributed by atoms with Crippen molar-refractivity contribution in [3.05, 3.63) is 16.1 Å². The zero-order valence-electron chi connectivity index (χ0n) is 9.20. The Morgan fingerprint density at radius 2 is 2.50 bits per heavy atom. The summed E-state index contributed by atoms with van der Waals surface area (Å²) >= 11 is 5.06. The molecule has 1 fully saturated rings. The molecular weight excluding hydrogens is 288 g/mol. The number of aromatic nitrogens is 1. The van der Waals surface area contributed by atoms with E-state index in [4.69, 9.17) is 0 Å². The molecule has 2 atom stereocenters. The van der Waals surface area contributed by atoms with Crippen molar-refractivity contribution >= 4 is 33.2 Å². The molecule has 5 heteroatoms. The van der Waals surface area contributed by atoms with Crippen LogP contribution in [0.2, 0.25) is 0 Å². The summed E-state index contributed by atoms with van der Waals surface area (Å²) in [5.41, 5.74) is 0. The third-order valence-electron chi connectivity index (χ3n) is 2.87. The molecular formula is C11H15BrN2OS. The number of alkyl halides is 1. The Morgan fingerprint density at radius 1 is 1.69 bits per heavy atom. The van der Waals surface area contributed by atoms with Gasteiger partial charge in [-0.3, -0.25) is 4.79 Å². The summed E-state index contributed by atoms with van der Waals surface area (Å²) in [7, 11) is 0. The van der Waals surface area contributed by atoms with E-state index in [1.54, 1.807) is 6.20 Å². The molecule has 0 bridgehead atoms. The molecule has 1 aliphatic carbocycles. The maximum atomic E-state index is 11.7. The number of carbonyl (C=O) groups excluding carboxylic acids is 1. The van der Waals surface area contributed by atoms with Crippen molar-refractivity contribution in [1.29, 1.82) is 0 Å². The SMILES string of the molecule is Cc1ncc(C(=O)NCC2CCC(Br)C2)s1. The van der Waals surface area contributed by atoms with Gasteiger partial charge in [0, 0.05) is 11.4 Å². The first kappa shape index (κ1) is 12.0. The number of amides is 1. The quantitative estimate of drug-likeness (QED) is 0.872. The van der Waals surface area contributed by atoms with Gasteiger partial charge in [-0.2, -0.15) is 0 Å². The molecule has 1 saturated carbocycles. The van der Waals surface area contributed by atoms with E-state index in [0.29, 0.717) is 15.6 Å². The van der Waals surface area contributed by atoms with Gasteiger partial charge in [0.05, 0.1) is 11.2 Å². The highest BCUT2D eigenvalue weighted by Gasteiger charge is 2.23. The third-order valence-corrected chi connectivity index (χ3v) is 4.62. The largest absolute Gasteiger partial charge is 0.351 e. The second-order valence-corrected chi connectivity index (χ2v) is 6.76. The normalized spacial score (nSPS) is 24.6. The molecule has 0 radical (unpaired) electrons. The van der Waals surface area contributed by atoms with E-state index in [1.807, 2.05) is 6.92 Å². The van der Waals surface area contributed by atoms with Crippen LogP contribution in [-0.4, -0.2) is 22.3 Å². The van der Waals surface area contributed by atoms with Crippen LogP contribution < -0.4 is 5.32 Å². The Morgan fingerprint density at radius 3 is 3.06 bits per heavy atom. The van der Waals surface area contributed by atoms with Crippen molar-refractivity contribution in [2.75, 3.05) is 6.54 Å². The zero-order valence-corrected chi connectivity index (χ0v) is 11.6. The van der Waals surface area contributed by atoms with Crippen LogP contribution in [0, 0.1) is 12.8 Å². The molecule has 1 aromatic heterocycles. The minimum atomic E-state index is 0.0172. The zero-order chi connectivity index (χ0) is 11.5. The van der Waals surface area contributed by atoms with Crippen LogP contribution in [0.25, 0.3) is 0 Å². The highest BCUT2D eigenvalue weighted by atomic mass is 79.9. The predicted molar refractivity (Wildman–Crippen MR) is 69.2 cm³/mol. The maximum Gasteiger partial charge on any atom is 0.263 e. The molecule has 1 heterocycles. The fourth-order valence-electron chi connectivity index (χ4n) is 1.99. The summed E-state index contributed by atoms with van der Waals surface area (Å²) in [6.07, 6.45) is 5.25. The number of hydrogen-bond acceptors (Lipinski definition) is 3. The van der Waals surface area contributed by atoms with E-state index in [0.717, 1.165) is 11.6 Å². The van der Waals surface area contributed by atoms with Gasteiger partial charge < -0.3 is 5.32 Å². The maximum absolute atomic E-state index is 11.7. The molecule has 88 valence electrons. The Labute approximate surface area is 108 Å². The lowest BCUT2D eigenvalue weighted by molar-refractivity contribution is 0.0951. The van der Waals surface area contributed by atoms with Gasteiger partial charge in [-0.15, -0.1) is 11.3 Å². The average Bonchev–Trinajstić information content (AvgIpc) is 2.84. The van der Waals surface area contributed by atoms with Crippen LogP contribution in [0.5, 0.6) is 0 Å². The summed E-state index contributed by atoms with van der Waals surface area (Å²) < 4.78 is 0. The van der Waals surface area contributed by atoms with E-state index in [2.05, 4.69) is 26.2 Å². The Balaban J connectivity index is 1.80. The van der Waals surface area contributed by atoms with Crippen LogP contribution in [0.4, 0.5) is 0 Å². The molecule has 1 amide bonds.